The first-order valence-electron chi connectivity index (χ1n) is 8.80. The van der Waals surface area contributed by atoms with Crippen molar-refractivity contribution in [3.8, 4) is 0 Å². The maximum absolute atomic E-state index is 12.6. The molecule has 146 valence electrons. The molecule has 8 heteroatoms. The van der Waals surface area contributed by atoms with E-state index in [1.165, 1.54) is 32.4 Å². The van der Waals surface area contributed by atoms with Crippen LogP contribution < -0.4 is 5.32 Å². The normalized spacial score (nSPS) is 16.2. The summed E-state index contributed by atoms with van der Waals surface area (Å²) in [5, 5.41) is 2.69. The number of carbonyl (C=O) groups excluding carboxylic acids is 4. The first kappa shape index (κ1) is 20.4. The van der Waals surface area contributed by atoms with Crippen LogP contribution in [0.4, 0.5) is 5.69 Å². The third-order valence-electron chi connectivity index (χ3n) is 4.41. The van der Waals surface area contributed by atoms with Gasteiger partial charge < -0.3 is 19.7 Å². The molecule has 2 rings (SSSR count). The maximum atomic E-state index is 12.6. The molecule has 0 bridgehead atoms. The van der Waals surface area contributed by atoms with Crippen LogP contribution in [0.5, 0.6) is 0 Å². The van der Waals surface area contributed by atoms with Crippen LogP contribution >= 0.6 is 0 Å². The van der Waals surface area contributed by atoms with E-state index in [1.54, 1.807) is 4.90 Å². The Morgan fingerprint density at radius 3 is 2.22 bits per heavy atom. The second kappa shape index (κ2) is 9.16. The molecule has 1 N–H and O–H groups in total. The number of hydrogen-bond acceptors (Lipinski definition) is 6. The summed E-state index contributed by atoms with van der Waals surface area (Å²) < 4.78 is 9.35. The maximum Gasteiger partial charge on any atom is 0.337 e. The Labute approximate surface area is 157 Å². The summed E-state index contributed by atoms with van der Waals surface area (Å²) in [6, 6.07) is 4.17. The first-order valence-corrected chi connectivity index (χ1v) is 8.80. The molecule has 1 fully saturated rings. The van der Waals surface area contributed by atoms with Gasteiger partial charge in [0.2, 0.25) is 11.8 Å². The lowest BCUT2D eigenvalue weighted by molar-refractivity contribution is -0.128. The van der Waals surface area contributed by atoms with Crippen LogP contribution in [0, 0.1) is 5.92 Å². The van der Waals surface area contributed by atoms with Crippen molar-refractivity contribution in [3.63, 3.8) is 0 Å². The number of rotatable bonds is 7. The Morgan fingerprint density at radius 2 is 1.70 bits per heavy atom. The van der Waals surface area contributed by atoms with Crippen LogP contribution in [0.15, 0.2) is 18.2 Å². The zero-order valence-corrected chi connectivity index (χ0v) is 15.7. The highest BCUT2D eigenvalue weighted by atomic mass is 16.5. The molecule has 27 heavy (non-hydrogen) atoms. The summed E-state index contributed by atoms with van der Waals surface area (Å²) in [6.45, 7) is 3.05. The van der Waals surface area contributed by atoms with Crippen molar-refractivity contribution < 1.29 is 28.7 Å². The lowest BCUT2D eigenvalue weighted by Gasteiger charge is -2.16. The van der Waals surface area contributed by atoms with Crippen molar-refractivity contribution in [2.45, 2.75) is 26.2 Å². The van der Waals surface area contributed by atoms with Gasteiger partial charge in [-0.25, -0.2) is 9.59 Å². The van der Waals surface area contributed by atoms with Crippen molar-refractivity contribution >= 4 is 29.4 Å². The van der Waals surface area contributed by atoms with E-state index in [9.17, 15) is 19.2 Å². The second-order valence-electron chi connectivity index (χ2n) is 6.37. The van der Waals surface area contributed by atoms with Crippen LogP contribution in [0.1, 0.15) is 46.9 Å². The van der Waals surface area contributed by atoms with Crippen molar-refractivity contribution in [1.82, 2.24) is 4.90 Å². The van der Waals surface area contributed by atoms with Crippen molar-refractivity contribution in [1.29, 1.82) is 0 Å². The van der Waals surface area contributed by atoms with Crippen molar-refractivity contribution in [3.05, 3.63) is 29.3 Å². The molecule has 1 unspecified atom stereocenters. The third-order valence-corrected chi connectivity index (χ3v) is 4.41. The van der Waals surface area contributed by atoms with Gasteiger partial charge >= 0.3 is 11.9 Å². The van der Waals surface area contributed by atoms with Gasteiger partial charge in [-0.2, -0.15) is 0 Å². The van der Waals surface area contributed by atoms with E-state index in [0.717, 1.165) is 12.8 Å². The monoisotopic (exact) mass is 376 g/mol. The summed E-state index contributed by atoms with van der Waals surface area (Å²) in [4.78, 5) is 49.9. The molecule has 1 aliphatic rings. The number of carbonyl (C=O) groups is 4. The Morgan fingerprint density at radius 1 is 1.11 bits per heavy atom. The highest BCUT2D eigenvalue weighted by Gasteiger charge is 2.34. The largest absolute Gasteiger partial charge is 0.465 e. The molecule has 2 amide bonds. The summed E-state index contributed by atoms with van der Waals surface area (Å²) in [7, 11) is 2.45. The zero-order valence-electron chi connectivity index (χ0n) is 15.7. The standard InChI is InChI=1S/C19H24N2O6/c1-4-5-6-21-11-14(10-16(21)22)17(23)20-15-8-12(18(24)26-2)7-13(9-15)19(25)27-3/h7-9,14H,4-6,10-11H2,1-3H3,(H,20,23). The Bertz CT molecular complexity index is 711. The number of nitrogens with one attached hydrogen (secondary N) is 1. The van der Waals surface area contributed by atoms with E-state index in [4.69, 9.17) is 0 Å². The zero-order chi connectivity index (χ0) is 20.0. The predicted molar refractivity (Wildman–Crippen MR) is 97.3 cm³/mol. The fourth-order valence-electron chi connectivity index (χ4n) is 2.93. The van der Waals surface area contributed by atoms with E-state index >= 15 is 0 Å². The molecule has 8 nitrogen and oxygen atoms in total. The number of esters is 2. The minimum Gasteiger partial charge on any atom is -0.465 e. The van der Waals surface area contributed by atoms with Crippen LogP contribution in [-0.2, 0) is 19.1 Å². The molecule has 1 saturated heterocycles. The molecule has 0 aromatic heterocycles. The summed E-state index contributed by atoms with van der Waals surface area (Å²) in [5.74, 6) is -2.13. The van der Waals surface area contributed by atoms with Gasteiger partial charge in [-0.15, -0.1) is 0 Å². The summed E-state index contributed by atoms with van der Waals surface area (Å²) in [6.07, 6.45) is 2.01. The van der Waals surface area contributed by atoms with E-state index in [2.05, 4.69) is 14.8 Å². The average Bonchev–Trinajstić information content (AvgIpc) is 3.05. The molecular weight excluding hydrogens is 352 g/mol. The fraction of sp³-hybridized carbons (Fsp3) is 0.474. The predicted octanol–water partition coefficient (Wildman–Crippen LogP) is 1.85. The highest BCUT2D eigenvalue weighted by Crippen LogP contribution is 2.22. The number of hydrogen-bond donors (Lipinski definition) is 1. The number of ether oxygens (including phenoxy) is 2. The van der Waals surface area contributed by atoms with Gasteiger partial charge in [0.05, 0.1) is 31.3 Å². The number of methoxy groups -OCH3 is 2. The fourth-order valence-corrected chi connectivity index (χ4v) is 2.93. The van der Waals surface area contributed by atoms with Gasteiger partial charge in [-0.05, 0) is 24.6 Å². The SMILES string of the molecule is CCCCN1CC(C(=O)Nc2cc(C(=O)OC)cc(C(=O)OC)c2)CC1=O. The molecule has 1 aromatic carbocycles. The molecule has 0 saturated carbocycles. The van der Waals surface area contributed by atoms with E-state index in [1.807, 2.05) is 6.92 Å². The van der Waals surface area contributed by atoms with Crippen LogP contribution in [0.25, 0.3) is 0 Å². The smallest absolute Gasteiger partial charge is 0.337 e. The minimum absolute atomic E-state index is 0.0397. The van der Waals surface area contributed by atoms with Gasteiger partial charge in [0, 0.05) is 25.2 Å². The van der Waals surface area contributed by atoms with Gasteiger partial charge in [0.1, 0.15) is 0 Å². The molecular formula is C19H24N2O6. The summed E-state index contributed by atoms with van der Waals surface area (Å²) in [5.41, 5.74) is 0.494. The number of benzene rings is 1. The number of likely N-dealkylation sites (tertiary alicyclic amines) is 1. The van der Waals surface area contributed by atoms with Gasteiger partial charge in [-0.1, -0.05) is 13.3 Å². The van der Waals surface area contributed by atoms with Crippen molar-refractivity contribution in [2.75, 3.05) is 32.6 Å². The van der Waals surface area contributed by atoms with E-state index in [-0.39, 0.29) is 35.0 Å². The lowest BCUT2D eigenvalue weighted by atomic mass is 10.1. The number of anilines is 1. The second-order valence-corrected chi connectivity index (χ2v) is 6.37. The van der Waals surface area contributed by atoms with E-state index < -0.39 is 17.9 Å². The number of nitrogens with zero attached hydrogens (tertiary/aromatic N) is 1. The van der Waals surface area contributed by atoms with E-state index in [0.29, 0.717) is 13.1 Å². The quantitative estimate of drug-likeness (QED) is 0.729. The van der Waals surface area contributed by atoms with Gasteiger partial charge in [0.25, 0.3) is 0 Å². The minimum atomic E-state index is -0.641. The third kappa shape index (κ3) is 5.06. The Kier molecular flexibility index (Phi) is 6.92. The van der Waals surface area contributed by atoms with Crippen LogP contribution in [0.2, 0.25) is 0 Å². The van der Waals surface area contributed by atoms with Crippen LogP contribution in [0.3, 0.4) is 0 Å². The Hall–Kier alpha value is -2.90. The molecule has 0 aliphatic carbocycles. The van der Waals surface area contributed by atoms with Crippen molar-refractivity contribution in [2.24, 2.45) is 5.92 Å². The number of amides is 2. The molecule has 1 heterocycles. The first-order chi connectivity index (χ1) is 12.9. The average molecular weight is 376 g/mol. The molecule has 1 aliphatic heterocycles. The number of unbranched alkanes of at least 4 members (excludes halogenated alkanes) is 1. The molecule has 0 spiro atoms. The highest BCUT2D eigenvalue weighted by molar-refractivity contribution is 6.01. The molecule has 1 atom stereocenters. The topological polar surface area (TPSA) is 102 Å². The molecule has 0 radical (unpaired) electrons. The van der Waals surface area contributed by atoms with Crippen LogP contribution in [-0.4, -0.2) is 56.0 Å². The summed E-state index contributed by atoms with van der Waals surface area (Å²) >= 11 is 0. The lowest BCUT2D eigenvalue weighted by Crippen LogP contribution is -2.29. The van der Waals surface area contributed by atoms with Gasteiger partial charge in [0.15, 0.2) is 0 Å². The molecule has 1 aromatic rings. The Balaban J connectivity index is 2.16. The van der Waals surface area contributed by atoms with Gasteiger partial charge in [-0.3, -0.25) is 9.59 Å².